The first-order chi connectivity index (χ1) is 9.65. The molecular formula is C16H19ClN2O. The molecule has 1 aromatic carbocycles. The van der Waals surface area contributed by atoms with Gasteiger partial charge in [-0.05, 0) is 43.2 Å². The van der Waals surface area contributed by atoms with E-state index in [1.807, 2.05) is 50.4 Å². The topological polar surface area (TPSA) is 34.1 Å². The maximum atomic E-state index is 6.21. The number of pyridine rings is 1. The van der Waals surface area contributed by atoms with Crippen molar-refractivity contribution in [2.24, 2.45) is 0 Å². The Morgan fingerprint density at radius 3 is 2.65 bits per heavy atom. The van der Waals surface area contributed by atoms with Crippen LogP contribution < -0.4 is 10.1 Å². The molecule has 106 valence electrons. The van der Waals surface area contributed by atoms with Crippen molar-refractivity contribution in [3.8, 4) is 5.75 Å². The highest BCUT2D eigenvalue weighted by Gasteiger charge is 2.05. The zero-order valence-electron chi connectivity index (χ0n) is 11.8. The van der Waals surface area contributed by atoms with Gasteiger partial charge in [0.15, 0.2) is 0 Å². The van der Waals surface area contributed by atoms with Gasteiger partial charge in [0.05, 0.1) is 11.1 Å². The first-order valence-corrected chi connectivity index (χ1v) is 7.07. The lowest BCUT2D eigenvalue weighted by molar-refractivity contribution is 0.242. The Morgan fingerprint density at radius 2 is 2.00 bits per heavy atom. The molecule has 2 rings (SSSR count). The summed E-state index contributed by atoms with van der Waals surface area (Å²) in [5.74, 6) is 0.734. The summed E-state index contributed by atoms with van der Waals surface area (Å²) in [5.41, 5.74) is 2.30. The van der Waals surface area contributed by atoms with Crippen molar-refractivity contribution in [2.45, 2.75) is 33.0 Å². The summed E-state index contributed by atoms with van der Waals surface area (Å²) in [4.78, 5) is 4.09. The van der Waals surface area contributed by atoms with Crippen LogP contribution in [0.1, 0.15) is 25.0 Å². The molecule has 0 aliphatic carbocycles. The summed E-state index contributed by atoms with van der Waals surface area (Å²) in [6.45, 7) is 5.52. The molecule has 0 aliphatic rings. The molecule has 0 saturated heterocycles. The van der Waals surface area contributed by atoms with Gasteiger partial charge in [0, 0.05) is 25.5 Å². The van der Waals surface area contributed by atoms with Crippen LogP contribution in [-0.4, -0.2) is 11.1 Å². The lowest BCUT2D eigenvalue weighted by atomic mass is 10.2. The van der Waals surface area contributed by atoms with Crippen LogP contribution in [0, 0.1) is 0 Å². The second-order valence-electron chi connectivity index (χ2n) is 4.90. The largest absolute Gasteiger partial charge is 0.489 e. The van der Waals surface area contributed by atoms with Gasteiger partial charge in [0.1, 0.15) is 5.75 Å². The van der Waals surface area contributed by atoms with Crippen molar-refractivity contribution in [2.75, 3.05) is 0 Å². The molecule has 2 aromatic rings. The van der Waals surface area contributed by atoms with E-state index in [1.54, 1.807) is 6.20 Å². The van der Waals surface area contributed by atoms with Crippen LogP contribution in [0.3, 0.4) is 0 Å². The third kappa shape index (κ3) is 4.51. The van der Waals surface area contributed by atoms with E-state index in [0.717, 1.165) is 24.4 Å². The molecule has 0 saturated carbocycles. The van der Waals surface area contributed by atoms with Crippen molar-refractivity contribution in [3.63, 3.8) is 0 Å². The molecule has 0 unspecified atom stereocenters. The zero-order chi connectivity index (χ0) is 14.4. The number of hydrogen-bond donors (Lipinski definition) is 1. The van der Waals surface area contributed by atoms with Crippen LogP contribution in [0.5, 0.6) is 5.75 Å². The predicted octanol–water partition coefficient (Wildman–Crippen LogP) is 3.81. The quantitative estimate of drug-likeness (QED) is 0.878. The van der Waals surface area contributed by atoms with Crippen LogP contribution in [-0.2, 0) is 13.1 Å². The number of halogens is 1. The van der Waals surface area contributed by atoms with Crippen molar-refractivity contribution in [1.29, 1.82) is 0 Å². The highest BCUT2D eigenvalue weighted by atomic mass is 35.5. The molecule has 0 fully saturated rings. The van der Waals surface area contributed by atoms with Gasteiger partial charge in [-0.3, -0.25) is 4.98 Å². The number of rotatable bonds is 6. The third-order valence-electron chi connectivity index (χ3n) is 2.74. The highest BCUT2D eigenvalue weighted by molar-refractivity contribution is 6.32. The van der Waals surface area contributed by atoms with E-state index in [9.17, 15) is 0 Å². The van der Waals surface area contributed by atoms with Gasteiger partial charge in [0.2, 0.25) is 0 Å². The lowest BCUT2D eigenvalue weighted by Crippen LogP contribution is -2.13. The van der Waals surface area contributed by atoms with Crippen molar-refractivity contribution >= 4 is 11.6 Å². The molecule has 1 aromatic heterocycles. The second-order valence-corrected chi connectivity index (χ2v) is 5.30. The summed E-state index contributed by atoms with van der Waals surface area (Å²) >= 11 is 6.21. The maximum absolute atomic E-state index is 6.21. The Bertz CT molecular complexity index is 543. The molecule has 0 atom stereocenters. The van der Waals surface area contributed by atoms with E-state index in [2.05, 4.69) is 10.3 Å². The molecule has 20 heavy (non-hydrogen) atoms. The minimum Gasteiger partial charge on any atom is -0.489 e. The van der Waals surface area contributed by atoms with Crippen molar-refractivity contribution in [1.82, 2.24) is 10.3 Å². The lowest BCUT2D eigenvalue weighted by Gasteiger charge is -2.12. The fraction of sp³-hybridized carbons (Fsp3) is 0.312. The number of ether oxygens (including phenoxy) is 1. The molecule has 0 amide bonds. The predicted molar refractivity (Wildman–Crippen MR) is 82.0 cm³/mol. The summed E-state index contributed by atoms with van der Waals surface area (Å²) in [5, 5.41) is 4.02. The number of nitrogens with zero attached hydrogens (tertiary/aromatic N) is 1. The van der Waals surface area contributed by atoms with Crippen LogP contribution in [0.2, 0.25) is 5.02 Å². The normalized spacial score (nSPS) is 10.8. The van der Waals surface area contributed by atoms with E-state index in [-0.39, 0.29) is 6.10 Å². The number of benzene rings is 1. The summed E-state index contributed by atoms with van der Waals surface area (Å²) in [6, 6.07) is 9.87. The molecule has 0 aliphatic heterocycles. The van der Waals surface area contributed by atoms with Gasteiger partial charge >= 0.3 is 0 Å². The van der Waals surface area contributed by atoms with Gasteiger partial charge < -0.3 is 10.1 Å². The van der Waals surface area contributed by atoms with Gasteiger partial charge in [-0.1, -0.05) is 23.7 Å². The maximum Gasteiger partial charge on any atom is 0.138 e. The van der Waals surface area contributed by atoms with E-state index in [4.69, 9.17) is 16.3 Å². The van der Waals surface area contributed by atoms with Crippen LogP contribution in [0.25, 0.3) is 0 Å². The standard InChI is InChI=1S/C16H19ClN2O/c1-12(2)20-16-6-5-13(8-15(16)17)9-19-11-14-4-3-7-18-10-14/h3-8,10,12,19H,9,11H2,1-2H3. The van der Waals surface area contributed by atoms with Gasteiger partial charge in [-0.2, -0.15) is 0 Å². The van der Waals surface area contributed by atoms with Crippen LogP contribution in [0.4, 0.5) is 0 Å². The minimum atomic E-state index is 0.127. The molecule has 0 bridgehead atoms. The Hall–Kier alpha value is -1.58. The fourth-order valence-electron chi connectivity index (χ4n) is 1.86. The molecule has 0 radical (unpaired) electrons. The average molecular weight is 291 g/mol. The molecule has 3 nitrogen and oxygen atoms in total. The highest BCUT2D eigenvalue weighted by Crippen LogP contribution is 2.26. The van der Waals surface area contributed by atoms with Crippen LogP contribution >= 0.6 is 11.6 Å². The summed E-state index contributed by atoms with van der Waals surface area (Å²) in [6.07, 6.45) is 3.76. The van der Waals surface area contributed by atoms with Gasteiger partial charge in [-0.25, -0.2) is 0 Å². The van der Waals surface area contributed by atoms with Gasteiger partial charge in [-0.15, -0.1) is 0 Å². The first kappa shape index (κ1) is 14.8. The first-order valence-electron chi connectivity index (χ1n) is 6.70. The Labute approximate surface area is 124 Å². The Morgan fingerprint density at radius 1 is 1.20 bits per heavy atom. The second kappa shape index (κ2) is 7.27. The Balaban J connectivity index is 1.89. The van der Waals surface area contributed by atoms with E-state index in [1.165, 1.54) is 5.56 Å². The monoisotopic (exact) mass is 290 g/mol. The van der Waals surface area contributed by atoms with E-state index >= 15 is 0 Å². The Kier molecular flexibility index (Phi) is 5.39. The molecule has 1 N–H and O–H groups in total. The average Bonchev–Trinajstić information content (AvgIpc) is 2.43. The summed E-state index contributed by atoms with van der Waals surface area (Å²) < 4.78 is 5.61. The number of aromatic nitrogens is 1. The third-order valence-corrected chi connectivity index (χ3v) is 3.04. The molecule has 0 spiro atoms. The molecule has 1 heterocycles. The molecular weight excluding hydrogens is 272 g/mol. The SMILES string of the molecule is CC(C)Oc1ccc(CNCc2cccnc2)cc1Cl. The van der Waals surface area contributed by atoms with Crippen molar-refractivity contribution in [3.05, 3.63) is 58.9 Å². The zero-order valence-corrected chi connectivity index (χ0v) is 12.5. The van der Waals surface area contributed by atoms with E-state index < -0.39 is 0 Å². The van der Waals surface area contributed by atoms with Crippen LogP contribution in [0.15, 0.2) is 42.7 Å². The summed E-state index contributed by atoms with van der Waals surface area (Å²) in [7, 11) is 0. The van der Waals surface area contributed by atoms with Gasteiger partial charge in [0.25, 0.3) is 0 Å². The van der Waals surface area contributed by atoms with Crippen molar-refractivity contribution < 1.29 is 4.74 Å². The fourth-order valence-corrected chi connectivity index (χ4v) is 2.11. The number of hydrogen-bond acceptors (Lipinski definition) is 3. The number of nitrogens with one attached hydrogen (secondary N) is 1. The smallest absolute Gasteiger partial charge is 0.138 e. The molecule has 4 heteroatoms. The minimum absolute atomic E-state index is 0.127. The van der Waals surface area contributed by atoms with E-state index in [0.29, 0.717) is 5.02 Å².